The van der Waals surface area contributed by atoms with Crippen molar-refractivity contribution in [3.63, 3.8) is 0 Å². The van der Waals surface area contributed by atoms with Gasteiger partial charge in [-0.2, -0.15) is 0 Å². The zero-order valence-corrected chi connectivity index (χ0v) is 15.5. The van der Waals surface area contributed by atoms with Gasteiger partial charge >= 0.3 is 0 Å². The topological polar surface area (TPSA) is 70.2 Å². The molecular formula is C19H27N5O. The highest BCUT2D eigenvalue weighted by atomic mass is 16.1. The van der Waals surface area contributed by atoms with Crippen LogP contribution < -0.4 is 10.6 Å². The van der Waals surface area contributed by atoms with Gasteiger partial charge in [-0.15, -0.1) is 0 Å². The monoisotopic (exact) mass is 341 g/mol. The summed E-state index contributed by atoms with van der Waals surface area (Å²) < 4.78 is 0. The summed E-state index contributed by atoms with van der Waals surface area (Å²) in [6, 6.07) is 9.51. The van der Waals surface area contributed by atoms with E-state index in [1.807, 2.05) is 38.4 Å². The van der Waals surface area contributed by atoms with Gasteiger partial charge in [-0.3, -0.25) is 4.79 Å². The summed E-state index contributed by atoms with van der Waals surface area (Å²) in [6.45, 7) is 5.66. The van der Waals surface area contributed by atoms with Crippen LogP contribution in [0.25, 0.3) is 0 Å². The molecule has 1 amide bonds. The first-order valence-corrected chi connectivity index (χ1v) is 8.63. The van der Waals surface area contributed by atoms with Gasteiger partial charge in [-0.05, 0) is 52.0 Å². The van der Waals surface area contributed by atoms with Gasteiger partial charge < -0.3 is 15.5 Å². The number of anilines is 2. The molecule has 0 aliphatic carbocycles. The highest BCUT2D eigenvalue weighted by Crippen LogP contribution is 2.17. The van der Waals surface area contributed by atoms with Gasteiger partial charge in [0, 0.05) is 18.3 Å². The molecule has 1 heterocycles. The smallest absolute Gasteiger partial charge is 0.274 e. The van der Waals surface area contributed by atoms with E-state index in [1.165, 1.54) is 0 Å². The third-order valence-corrected chi connectivity index (χ3v) is 3.81. The van der Waals surface area contributed by atoms with Crippen LogP contribution in [0, 0.1) is 6.92 Å². The van der Waals surface area contributed by atoms with Gasteiger partial charge in [0.15, 0.2) is 0 Å². The van der Waals surface area contributed by atoms with Crippen molar-refractivity contribution in [1.29, 1.82) is 0 Å². The third-order valence-electron chi connectivity index (χ3n) is 3.81. The summed E-state index contributed by atoms with van der Waals surface area (Å²) in [7, 11) is 4.09. The number of aromatic nitrogens is 2. The minimum Gasteiger partial charge on any atom is -0.370 e. The number of benzene rings is 1. The Balaban J connectivity index is 2.06. The Morgan fingerprint density at radius 2 is 1.96 bits per heavy atom. The number of carbonyl (C=O) groups excluding carboxylic acids is 1. The highest BCUT2D eigenvalue weighted by molar-refractivity contribution is 6.03. The zero-order valence-electron chi connectivity index (χ0n) is 15.5. The Morgan fingerprint density at radius 3 is 2.68 bits per heavy atom. The number of carbonyl (C=O) groups is 1. The molecule has 134 valence electrons. The number of para-hydroxylation sites is 1. The second kappa shape index (κ2) is 9.13. The maximum Gasteiger partial charge on any atom is 0.274 e. The van der Waals surface area contributed by atoms with Crippen molar-refractivity contribution in [3.05, 3.63) is 47.4 Å². The van der Waals surface area contributed by atoms with Crippen molar-refractivity contribution in [1.82, 2.24) is 14.9 Å². The molecule has 1 aromatic carbocycles. The van der Waals surface area contributed by atoms with E-state index in [9.17, 15) is 4.79 Å². The summed E-state index contributed by atoms with van der Waals surface area (Å²) in [6.07, 6.45) is 1.86. The standard InChI is InChI=1S/C19H27N5O/c1-5-15-9-6-7-10-16(15)23-19(25)17-13-18(22-14(2)21-17)20-11-8-12-24(3)4/h6-7,9-10,13H,5,8,11-12H2,1-4H3,(H,23,25)(H,20,21,22). The molecule has 0 fully saturated rings. The van der Waals surface area contributed by atoms with Crippen LogP contribution in [0.5, 0.6) is 0 Å². The quantitative estimate of drug-likeness (QED) is 0.723. The number of aryl methyl sites for hydroxylation is 2. The van der Waals surface area contributed by atoms with Crippen molar-refractivity contribution in [3.8, 4) is 0 Å². The van der Waals surface area contributed by atoms with E-state index in [1.54, 1.807) is 13.0 Å². The van der Waals surface area contributed by atoms with Crippen LogP contribution in [0.2, 0.25) is 0 Å². The summed E-state index contributed by atoms with van der Waals surface area (Å²) in [4.78, 5) is 23.3. The Morgan fingerprint density at radius 1 is 1.20 bits per heavy atom. The van der Waals surface area contributed by atoms with Crippen LogP contribution in [0.3, 0.4) is 0 Å². The fourth-order valence-corrected chi connectivity index (χ4v) is 2.52. The number of nitrogens with one attached hydrogen (secondary N) is 2. The molecule has 6 nitrogen and oxygen atoms in total. The van der Waals surface area contributed by atoms with Gasteiger partial charge in [0.1, 0.15) is 17.3 Å². The lowest BCUT2D eigenvalue weighted by Gasteiger charge is -2.12. The van der Waals surface area contributed by atoms with Crippen molar-refractivity contribution in [2.45, 2.75) is 26.7 Å². The zero-order chi connectivity index (χ0) is 18.2. The lowest BCUT2D eigenvalue weighted by molar-refractivity contribution is 0.102. The van der Waals surface area contributed by atoms with Crippen molar-refractivity contribution >= 4 is 17.4 Å². The molecule has 6 heteroatoms. The molecule has 0 aliphatic rings. The van der Waals surface area contributed by atoms with E-state index >= 15 is 0 Å². The van der Waals surface area contributed by atoms with Crippen LogP contribution in [0.4, 0.5) is 11.5 Å². The Bertz CT molecular complexity index is 715. The minimum atomic E-state index is -0.220. The number of rotatable bonds is 8. The minimum absolute atomic E-state index is 0.220. The van der Waals surface area contributed by atoms with E-state index < -0.39 is 0 Å². The second-order valence-electron chi connectivity index (χ2n) is 6.23. The first kappa shape index (κ1) is 18.9. The molecule has 2 N–H and O–H groups in total. The largest absolute Gasteiger partial charge is 0.370 e. The molecule has 2 aromatic rings. The van der Waals surface area contributed by atoms with E-state index in [4.69, 9.17) is 0 Å². The summed E-state index contributed by atoms with van der Waals surface area (Å²) in [5.74, 6) is 1.04. The fourth-order valence-electron chi connectivity index (χ4n) is 2.52. The molecule has 0 saturated heterocycles. The van der Waals surface area contributed by atoms with Crippen LogP contribution in [0.1, 0.15) is 35.2 Å². The van der Waals surface area contributed by atoms with Gasteiger partial charge in [0.05, 0.1) is 0 Å². The highest BCUT2D eigenvalue weighted by Gasteiger charge is 2.12. The molecule has 0 aliphatic heterocycles. The molecule has 0 spiro atoms. The van der Waals surface area contributed by atoms with E-state index in [0.717, 1.165) is 37.2 Å². The second-order valence-corrected chi connectivity index (χ2v) is 6.23. The van der Waals surface area contributed by atoms with Crippen molar-refractivity contribution < 1.29 is 4.79 Å². The Labute approximate surface area is 149 Å². The maximum absolute atomic E-state index is 12.6. The van der Waals surface area contributed by atoms with Gasteiger partial charge in [-0.1, -0.05) is 25.1 Å². The molecule has 0 bridgehead atoms. The van der Waals surface area contributed by atoms with Crippen LogP contribution in [-0.2, 0) is 6.42 Å². The number of hydrogen-bond acceptors (Lipinski definition) is 5. The van der Waals surface area contributed by atoms with Crippen LogP contribution in [-0.4, -0.2) is 48.0 Å². The molecule has 0 radical (unpaired) electrons. The third kappa shape index (κ3) is 5.83. The van der Waals surface area contributed by atoms with Crippen molar-refractivity contribution in [2.75, 3.05) is 37.8 Å². The Hall–Kier alpha value is -2.47. The summed E-state index contributed by atoms with van der Waals surface area (Å²) in [5, 5.41) is 6.22. The maximum atomic E-state index is 12.6. The van der Waals surface area contributed by atoms with Crippen LogP contribution in [0.15, 0.2) is 30.3 Å². The predicted octanol–water partition coefficient (Wildman–Crippen LogP) is 2.96. The number of nitrogens with zero attached hydrogens (tertiary/aromatic N) is 3. The summed E-state index contributed by atoms with van der Waals surface area (Å²) in [5.41, 5.74) is 2.30. The normalized spacial score (nSPS) is 10.8. The lowest BCUT2D eigenvalue weighted by atomic mass is 10.1. The SMILES string of the molecule is CCc1ccccc1NC(=O)c1cc(NCCCN(C)C)nc(C)n1. The van der Waals surface area contributed by atoms with E-state index in [0.29, 0.717) is 17.3 Å². The van der Waals surface area contributed by atoms with Gasteiger partial charge in [0.2, 0.25) is 0 Å². The molecule has 1 aromatic heterocycles. The summed E-state index contributed by atoms with van der Waals surface area (Å²) >= 11 is 0. The average molecular weight is 341 g/mol. The number of amides is 1. The van der Waals surface area contributed by atoms with Gasteiger partial charge in [0.25, 0.3) is 5.91 Å². The molecule has 0 atom stereocenters. The molecule has 2 rings (SSSR count). The first-order chi connectivity index (χ1) is 12.0. The Kier molecular flexibility index (Phi) is 6.89. The number of hydrogen-bond donors (Lipinski definition) is 2. The lowest BCUT2D eigenvalue weighted by Crippen LogP contribution is -2.18. The average Bonchev–Trinajstić information content (AvgIpc) is 2.58. The molecule has 25 heavy (non-hydrogen) atoms. The van der Waals surface area contributed by atoms with Gasteiger partial charge in [-0.25, -0.2) is 9.97 Å². The molecular weight excluding hydrogens is 314 g/mol. The molecule has 0 unspecified atom stereocenters. The first-order valence-electron chi connectivity index (χ1n) is 8.63. The van der Waals surface area contributed by atoms with E-state index in [2.05, 4.69) is 32.4 Å². The van der Waals surface area contributed by atoms with E-state index in [-0.39, 0.29) is 5.91 Å². The molecule has 0 saturated carbocycles. The van der Waals surface area contributed by atoms with Crippen LogP contribution >= 0.6 is 0 Å². The predicted molar refractivity (Wildman–Crippen MR) is 102 cm³/mol. The fraction of sp³-hybridized carbons (Fsp3) is 0.421. The van der Waals surface area contributed by atoms with Crippen molar-refractivity contribution in [2.24, 2.45) is 0 Å².